The summed E-state index contributed by atoms with van der Waals surface area (Å²) in [6.07, 6.45) is 5.44. The van der Waals surface area contributed by atoms with E-state index in [1.54, 1.807) is 85.5 Å². The van der Waals surface area contributed by atoms with Crippen LogP contribution in [-0.2, 0) is 57.5 Å². The number of rotatable bonds is 28. The largest absolute Gasteiger partial charge is 0.456 e. The maximum absolute atomic E-state index is 14.0. The Balaban J connectivity index is 0.000000135. The van der Waals surface area contributed by atoms with Gasteiger partial charge in [-0.1, -0.05) is 158 Å². The highest BCUT2D eigenvalue weighted by Crippen LogP contribution is 2.42. The van der Waals surface area contributed by atoms with E-state index in [0.717, 1.165) is 206 Å². The molecule has 3 saturated heterocycles. The van der Waals surface area contributed by atoms with Crippen LogP contribution in [0.3, 0.4) is 0 Å². The van der Waals surface area contributed by atoms with Crippen molar-refractivity contribution < 1.29 is 64.5 Å². The van der Waals surface area contributed by atoms with Crippen molar-refractivity contribution in [2.24, 2.45) is 0 Å². The van der Waals surface area contributed by atoms with E-state index in [4.69, 9.17) is 35.5 Å². The Bertz CT molecular complexity index is 7480. The molecule has 3 fully saturated rings. The number of aromatic amines is 3. The summed E-state index contributed by atoms with van der Waals surface area (Å²) < 4.78 is 109. The fourth-order valence-corrected chi connectivity index (χ4v) is 18.7. The predicted molar refractivity (Wildman–Crippen MR) is 566 cm³/mol. The second-order valence-corrected chi connectivity index (χ2v) is 38.2. The Kier molecular flexibility index (Phi) is 32.8. The van der Waals surface area contributed by atoms with E-state index in [1.165, 1.54) is 23.4 Å². The van der Waals surface area contributed by atoms with Gasteiger partial charge in [0, 0.05) is 212 Å². The van der Waals surface area contributed by atoms with Gasteiger partial charge in [-0.3, -0.25) is 34.0 Å². The van der Waals surface area contributed by atoms with Crippen molar-refractivity contribution in [3.63, 3.8) is 0 Å². The van der Waals surface area contributed by atoms with E-state index in [0.29, 0.717) is 91.3 Å². The molecular weight excluding hydrogens is 1890 g/mol. The first-order valence-corrected chi connectivity index (χ1v) is 49.8. The van der Waals surface area contributed by atoms with Crippen LogP contribution in [0, 0.1) is 41.5 Å². The topological polar surface area (TPSA) is 236 Å². The van der Waals surface area contributed by atoms with Crippen molar-refractivity contribution in [1.82, 2.24) is 59.4 Å². The molecule has 10 heterocycles. The highest BCUT2D eigenvalue weighted by Gasteiger charge is 2.37. The van der Waals surface area contributed by atoms with Crippen molar-refractivity contribution in [3.8, 4) is 46.0 Å². The normalized spacial score (nSPS) is 14.2. The number of Topliss-reactive ketones (excluding diaryl/α,β-unsaturated/α-hetero) is 3. The molecule has 0 unspecified atom stereocenters. The minimum atomic E-state index is -4.51. The van der Waals surface area contributed by atoms with Crippen LogP contribution in [0.15, 0.2) is 262 Å². The number of hydrogen-bond acceptors (Lipinski definition) is 18. The van der Waals surface area contributed by atoms with Gasteiger partial charge in [-0.2, -0.15) is 26.3 Å². The lowest BCUT2D eigenvalue weighted by Gasteiger charge is -2.34. The van der Waals surface area contributed by atoms with Crippen LogP contribution in [0.25, 0.3) is 39.2 Å². The lowest BCUT2D eigenvalue weighted by Crippen LogP contribution is -2.45. The number of piperazine rings is 3. The molecule has 3 aliphatic heterocycles. The van der Waals surface area contributed by atoms with E-state index < -0.39 is 23.5 Å². The molecule has 4 N–H and O–H groups in total. The average Bonchev–Trinajstić information content (AvgIpc) is 1.69. The van der Waals surface area contributed by atoms with E-state index in [-0.39, 0.29) is 65.5 Å². The van der Waals surface area contributed by atoms with Crippen LogP contribution in [0.1, 0.15) is 150 Å². The Labute approximate surface area is 855 Å². The zero-order valence-corrected chi connectivity index (χ0v) is 84.4. The van der Waals surface area contributed by atoms with E-state index in [9.17, 15) is 45.5 Å². The number of anilines is 2. The maximum Gasteiger partial charge on any atom is 0.416 e. The Hall–Kier alpha value is -14.9. The van der Waals surface area contributed by atoms with Gasteiger partial charge < -0.3 is 58.8 Å². The number of ketones is 3. The number of H-pyrrole nitrogens is 3. The molecular formula is C118H117ClF6N14O8. The highest BCUT2D eigenvalue weighted by molar-refractivity contribution is 6.30. The van der Waals surface area contributed by atoms with Gasteiger partial charge >= 0.3 is 12.4 Å². The van der Waals surface area contributed by atoms with Crippen molar-refractivity contribution in [2.45, 2.75) is 113 Å². The molecule has 4 aliphatic rings. The van der Waals surface area contributed by atoms with Crippen LogP contribution < -0.4 is 29.2 Å². The van der Waals surface area contributed by atoms with Crippen molar-refractivity contribution >= 4 is 85.4 Å². The number of carbonyl (C=O) groups excluding carboxylic acids is 4. The second kappa shape index (κ2) is 46.6. The fourth-order valence-electron chi connectivity index (χ4n) is 18.5. The number of benzene rings is 9. The number of fused-ring (bicyclic) bond motifs is 4. The van der Waals surface area contributed by atoms with Crippen molar-refractivity contribution in [2.75, 3.05) is 109 Å². The lowest BCUT2D eigenvalue weighted by molar-refractivity contribution is -0.139. The first kappa shape index (κ1) is 104. The number of aryl methyl sites for hydroxylation is 6. The van der Waals surface area contributed by atoms with Crippen LogP contribution in [-0.4, -0.2) is 181 Å². The monoisotopic (exact) mass is 2010 g/mol. The molecule has 1 amide bonds. The molecule has 0 radical (unpaired) electrons. The molecule has 0 atom stereocenters. The van der Waals surface area contributed by atoms with Gasteiger partial charge in [0.25, 0.3) is 5.91 Å². The first-order valence-electron chi connectivity index (χ1n) is 49.5. The number of ether oxygens (including phenoxy) is 4. The van der Waals surface area contributed by atoms with E-state index in [1.807, 2.05) is 168 Å². The second-order valence-electron chi connectivity index (χ2n) is 37.8. The van der Waals surface area contributed by atoms with Crippen LogP contribution in [0.4, 0.5) is 37.7 Å². The summed E-state index contributed by atoms with van der Waals surface area (Å²) in [4.78, 5) is 92.4. The Morgan fingerprint density at radius 1 is 0.408 bits per heavy atom. The van der Waals surface area contributed by atoms with E-state index >= 15 is 0 Å². The fraction of sp³-hybridized carbons (Fsp3) is 0.271. The molecule has 20 rings (SSSR count). The minimum Gasteiger partial charge on any atom is -0.456 e. The first-order chi connectivity index (χ1) is 70.8. The molecule has 9 aromatic carbocycles. The number of amides is 1. The smallest absolute Gasteiger partial charge is 0.416 e. The number of hydrogen-bond donors (Lipinski definition) is 4. The zero-order chi connectivity index (χ0) is 103. The number of carbonyl (C=O) groups is 4. The molecule has 0 bridgehead atoms. The number of allylic oxidation sites excluding steroid dienone is 1. The lowest BCUT2D eigenvalue weighted by atomic mass is 9.97. The molecule has 147 heavy (non-hydrogen) atoms. The number of halogens is 7. The van der Waals surface area contributed by atoms with Gasteiger partial charge in [-0.25, -0.2) is 15.0 Å². The number of nitrogens with zero attached hydrogens (tertiary/aromatic N) is 10. The third-order valence-electron chi connectivity index (χ3n) is 27.1. The summed E-state index contributed by atoms with van der Waals surface area (Å²) in [6, 6.07) is 67.4. The summed E-state index contributed by atoms with van der Waals surface area (Å²) >= 11 is 6.13. The molecule has 22 nitrogen and oxygen atoms in total. The molecule has 7 aromatic heterocycles. The SMILES string of the molecule is CCN1CCN(Cc2ccc(CC(=O)c3ccc(C)c(Oc4cc(Cl)nc5[nH]ccc45)c3)cc2C(F)(F)F)CC1.CCN1CCN(Cc2ccc(CC(=O)c3ccc(C)c(Oc4ccnc5[nH]ccc45)c3)cc2C(F)(F)F)CC1.Cc1cccc(CC(=O)c2ccc(C)c(Oc3ccnc4[nH]ccc34)c2)c1.Cc1cccc(NC(=O)c2ccc(C)c(Oc3cc(Cc4ccc(N5CCN(C)CC5)cc4)nc4c3C=CC4)c2)c1. The van der Waals surface area contributed by atoms with Crippen molar-refractivity contribution in [3.05, 3.63) is 384 Å². The Morgan fingerprint density at radius 3 is 1.31 bits per heavy atom. The van der Waals surface area contributed by atoms with Crippen LogP contribution in [0.2, 0.25) is 5.15 Å². The minimum absolute atomic E-state index is 0.0759. The summed E-state index contributed by atoms with van der Waals surface area (Å²) in [7, 11) is 2.18. The van der Waals surface area contributed by atoms with Crippen molar-refractivity contribution in [1.29, 1.82) is 0 Å². The van der Waals surface area contributed by atoms with Gasteiger partial charge in [0.15, 0.2) is 17.3 Å². The number of alkyl halides is 6. The maximum atomic E-state index is 14.0. The summed E-state index contributed by atoms with van der Waals surface area (Å²) in [5.74, 6) is 4.18. The van der Waals surface area contributed by atoms with Gasteiger partial charge in [0.1, 0.15) is 68.1 Å². The summed E-state index contributed by atoms with van der Waals surface area (Å²) in [5, 5.41) is 5.69. The highest BCUT2D eigenvalue weighted by atomic mass is 35.5. The summed E-state index contributed by atoms with van der Waals surface area (Å²) in [5.41, 5.74) is 16.8. The van der Waals surface area contributed by atoms with Gasteiger partial charge in [0.05, 0.1) is 33.0 Å². The average molecular weight is 2010 g/mol. The number of likely N-dealkylation sites (N-methyl/N-ethyl adjacent to an activating group) is 3. The third kappa shape index (κ3) is 26.5. The standard InChI is InChI=1S/C35H36N4O2.C30H30ClF3N4O2.C30H31F3N4O2.C23H20N2O2/c1-24-6-4-7-28(20-24)37-35(40)27-13-10-25(2)33(22-27)41-34-23-29(36-32-9-5-8-31(32)34)21-26-11-14-30(15-12-26)39-18-16-38(3)17-19-39;1-3-37-10-12-38(13-11-37)18-22-7-5-20(14-24(22)30(32,33)34)15-25(39)21-6-4-19(2)26(16-21)40-27-17-28(31)36-29-23(27)8-9-35-29;1-3-36-12-14-37(15-13-36)19-23-7-5-21(16-25(23)30(31,32)33)17-26(38)22-6-4-20(2)28(18-22)39-27-9-11-35-29-24(27)8-10-34-29;1-15-4-3-5-17(12-15)13-20(26)18-7-6-16(2)22(14-18)27-21-9-11-25-23-19(21)8-10-24-23/h4-8,10-15,20,22-23H,9,16-19,21H2,1-3H3,(H,37,40);4-9,14,16-17H,3,10-13,15,18H2,1-2H3,(H,35,36);4-11,16,18H,3,12-15,17,19H2,1-2H3,(H,34,35);3-12,14H,13H2,1-2H3,(H,24,25). The molecule has 0 spiro atoms. The van der Waals surface area contributed by atoms with Gasteiger partial charge in [-0.15, -0.1) is 0 Å². The zero-order valence-electron chi connectivity index (χ0n) is 83.6. The quantitative estimate of drug-likeness (QED) is 0.0203. The predicted octanol–water partition coefficient (Wildman–Crippen LogP) is 25.2. The number of aromatic nitrogens is 7. The molecule has 16 aromatic rings. The van der Waals surface area contributed by atoms with Crippen LogP contribution >= 0.6 is 11.6 Å². The van der Waals surface area contributed by atoms with E-state index in [2.05, 4.69) is 117 Å². The van der Waals surface area contributed by atoms with Gasteiger partial charge in [-0.05, 0) is 220 Å². The molecule has 1 aliphatic carbocycles. The number of nitrogens with one attached hydrogen (secondary N) is 4. The van der Waals surface area contributed by atoms with Crippen LogP contribution in [0.5, 0.6) is 46.0 Å². The number of pyridine rings is 4. The Morgan fingerprint density at radius 2 is 0.837 bits per heavy atom. The van der Waals surface area contributed by atoms with Gasteiger partial charge in [0.2, 0.25) is 0 Å². The summed E-state index contributed by atoms with van der Waals surface area (Å²) in [6.45, 7) is 28.9. The molecule has 756 valence electrons. The molecule has 0 saturated carbocycles. The third-order valence-corrected chi connectivity index (χ3v) is 27.3. The molecule has 29 heteroatoms.